The van der Waals surface area contributed by atoms with E-state index in [2.05, 4.69) is 31.9 Å². The number of nitrogens with zero attached hydrogens (tertiary/aromatic N) is 4. The van der Waals surface area contributed by atoms with E-state index in [1.165, 1.54) is 25.7 Å². The molecule has 0 unspecified atom stereocenters. The third kappa shape index (κ3) is 3.08. The molecular weight excluding hydrogens is 290 g/mol. The summed E-state index contributed by atoms with van der Waals surface area (Å²) in [6.07, 6.45) is 9.30. The molecule has 3 aliphatic rings. The van der Waals surface area contributed by atoms with E-state index < -0.39 is 0 Å². The number of rotatable bonds is 4. The number of amides is 2. The van der Waals surface area contributed by atoms with Crippen molar-refractivity contribution in [1.82, 2.24) is 25.0 Å². The van der Waals surface area contributed by atoms with Crippen LogP contribution in [0.5, 0.6) is 0 Å². The molecule has 126 valence electrons. The molecule has 6 nitrogen and oxygen atoms in total. The third-order valence-corrected chi connectivity index (χ3v) is 5.64. The van der Waals surface area contributed by atoms with Gasteiger partial charge in [-0.25, -0.2) is 4.79 Å². The van der Waals surface area contributed by atoms with Gasteiger partial charge in [-0.2, -0.15) is 0 Å². The molecular formula is C17H27N5O. The summed E-state index contributed by atoms with van der Waals surface area (Å²) in [5, 5.41) is 11.6. The first kappa shape index (κ1) is 15.0. The van der Waals surface area contributed by atoms with Crippen LogP contribution < -0.4 is 5.32 Å². The minimum Gasteiger partial charge on any atom is -0.331 e. The van der Waals surface area contributed by atoms with Gasteiger partial charge in [-0.3, -0.25) is 0 Å². The monoisotopic (exact) mass is 317 g/mol. The van der Waals surface area contributed by atoms with Crippen LogP contribution in [0.4, 0.5) is 4.79 Å². The fourth-order valence-electron chi connectivity index (χ4n) is 4.09. The second-order valence-electron chi connectivity index (χ2n) is 7.50. The SMILES string of the molecule is CC1CCC(N(C(=O)NCc2nnc3n2CCC3)C2CC2)CC1. The Morgan fingerprint density at radius 2 is 1.87 bits per heavy atom. The highest BCUT2D eigenvalue weighted by atomic mass is 16.2. The Balaban J connectivity index is 1.38. The Hall–Kier alpha value is -1.59. The zero-order valence-electron chi connectivity index (χ0n) is 14.0. The van der Waals surface area contributed by atoms with Crippen LogP contribution in [0, 0.1) is 5.92 Å². The van der Waals surface area contributed by atoms with Crippen molar-refractivity contribution >= 4 is 6.03 Å². The van der Waals surface area contributed by atoms with Crippen molar-refractivity contribution < 1.29 is 4.79 Å². The molecule has 1 N–H and O–H groups in total. The number of aromatic nitrogens is 3. The predicted molar refractivity (Wildman–Crippen MR) is 86.9 cm³/mol. The molecule has 2 amide bonds. The molecule has 0 radical (unpaired) electrons. The van der Waals surface area contributed by atoms with E-state index in [0.29, 0.717) is 18.6 Å². The smallest absolute Gasteiger partial charge is 0.318 e. The van der Waals surface area contributed by atoms with Gasteiger partial charge in [-0.05, 0) is 50.9 Å². The second-order valence-corrected chi connectivity index (χ2v) is 7.50. The molecule has 0 spiro atoms. The minimum absolute atomic E-state index is 0.0994. The Bertz CT molecular complexity index is 572. The molecule has 23 heavy (non-hydrogen) atoms. The number of hydrogen-bond acceptors (Lipinski definition) is 3. The fraction of sp³-hybridized carbons (Fsp3) is 0.824. The van der Waals surface area contributed by atoms with Crippen molar-refractivity contribution in [3.63, 3.8) is 0 Å². The van der Waals surface area contributed by atoms with Crippen LogP contribution in [0.1, 0.15) is 63.5 Å². The second kappa shape index (κ2) is 6.13. The number of nitrogens with one attached hydrogen (secondary N) is 1. The number of fused-ring (bicyclic) bond motifs is 1. The van der Waals surface area contributed by atoms with E-state index in [0.717, 1.165) is 49.8 Å². The largest absolute Gasteiger partial charge is 0.331 e. The van der Waals surface area contributed by atoms with Crippen LogP contribution in [0.15, 0.2) is 0 Å². The first-order valence-electron chi connectivity index (χ1n) is 9.19. The Kier molecular flexibility index (Phi) is 3.99. The summed E-state index contributed by atoms with van der Waals surface area (Å²) in [7, 11) is 0. The van der Waals surface area contributed by atoms with Crippen LogP contribution in [0.2, 0.25) is 0 Å². The summed E-state index contributed by atoms with van der Waals surface area (Å²) in [4.78, 5) is 14.9. The maximum atomic E-state index is 12.8. The number of carbonyl (C=O) groups is 1. The lowest BCUT2D eigenvalue weighted by atomic mass is 9.86. The first-order chi connectivity index (χ1) is 11.2. The van der Waals surface area contributed by atoms with Gasteiger partial charge in [-0.15, -0.1) is 10.2 Å². The summed E-state index contributed by atoms with van der Waals surface area (Å²) < 4.78 is 2.16. The zero-order chi connectivity index (χ0) is 15.8. The third-order valence-electron chi connectivity index (χ3n) is 5.64. The molecule has 1 aliphatic heterocycles. The molecule has 2 aliphatic carbocycles. The lowest BCUT2D eigenvalue weighted by Crippen LogP contribution is -2.48. The van der Waals surface area contributed by atoms with Crippen molar-refractivity contribution in [3.8, 4) is 0 Å². The van der Waals surface area contributed by atoms with Crippen LogP contribution >= 0.6 is 0 Å². The van der Waals surface area contributed by atoms with Crippen LogP contribution in [-0.4, -0.2) is 37.8 Å². The Morgan fingerprint density at radius 1 is 1.17 bits per heavy atom. The highest BCUT2D eigenvalue weighted by Gasteiger charge is 2.38. The standard InChI is InChI=1S/C17H27N5O/c1-12-4-6-13(7-5-12)22(14-8-9-14)17(23)18-11-16-20-19-15-3-2-10-21(15)16/h12-14H,2-11H2,1H3,(H,18,23). The van der Waals surface area contributed by atoms with Crippen LogP contribution in [0.25, 0.3) is 0 Å². The highest BCUT2D eigenvalue weighted by molar-refractivity contribution is 5.75. The average Bonchev–Trinajstić information content (AvgIpc) is 3.12. The topological polar surface area (TPSA) is 63.1 Å². The van der Waals surface area contributed by atoms with E-state index in [-0.39, 0.29) is 6.03 Å². The zero-order valence-corrected chi connectivity index (χ0v) is 14.0. The Labute approximate surface area is 137 Å². The molecule has 6 heteroatoms. The number of hydrogen-bond donors (Lipinski definition) is 1. The van der Waals surface area contributed by atoms with Gasteiger partial charge < -0.3 is 14.8 Å². The Morgan fingerprint density at radius 3 is 2.57 bits per heavy atom. The van der Waals surface area contributed by atoms with E-state index >= 15 is 0 Å². The van der Waals surface area contributed by atoms with Gasteiger partial charge in [0.05, 0.1) is 6.54 Å². The molecule has 0 bridgehead atoms. The molecule has 2 heterocycles. The van der Waals surface area contributed by atoms with Gasteiger partial charge in [0.1, 0.15) is 5.82 Å². The summed E-state index contributed by atoms with van der Waals surface area (Å²) in [5.74, 6) is 2.78. The lowest BCUT2D eigenvalue weighted by Gasteiger charge is -2.36. The van der Waals surface area contributed by atoms with Crippen molar-refractivity contribution in [2.75, 3.05) is 0 Å². The summed E-state index contributed by atoms with van der Waals surface area (Å²) in [5.41, 5.74) is 0. The molecule has 2 fully saturated rings. The normalized spacial score (nSPS) is 26.8. The van der Waals surface area contributed by atoms with Crippen LogP contribution in [0.3, 0.4) is 0 Å². The molecule has 0 saturated heterocycles. The molecule has 1 aromatic heterocycles. The van der Waals surface area contributed by atoms with Crippen molar-refractivity contribution in [2.45, 2.75) is 83.5 Å². The van der Waals surface area contributed by atoms with Gasteiger partial charge in [0.2, 0.25) is 0 Å². The quantitative estimate of drug-likeness (QED) is 0.928. The summed E-state index contributed by atoms with van der Waals surface area (Å²) in [6.45, 7) is 3.81. The highest BCUT2D eigenvalue weighted by Crippen LogP contribution is 2.35. The van der Waals surface area contributed by atoms with E-state index in [1.807, 2.05) is 0 Å². The van der Waals surface area contributed by atoms with E-state index in [9.17, 15) is 4.79 Å². The van der Waals surface area contributed by atoms with E-state index in [1.54, 1.807) is 0 Å². The van der Waals surface area contributed by atoms with Crippen molar-refractivity contribution in [3.05, 3.63) is 11.6 Å². The van der Waals surface area contributed by atoms with Crippen molar-refractivity contribution in [1.29, 1.82) is 0 Å². The molecule has 2 saturated carbocycles. The number of aryl methyl sites for hydroxylation is 1. The maximum Gasteiger partial charge on any atom is 0.318 e. The first-order valence-corrected chi connectivity index (χ1v) is 9.19. The molecule has 1 aromatic rings. The molecule has 0 aromatic carbocycles. The van der Waals surface area contributed by atoms with Gasteiger partial charge in [0.25, 0.3) is 0 Å². The summed E-state index contributed by atoms with van der Waals surface area (Å²) in [6, 6.07) is 1.00. The minimum atomic E-state index is 0.0994. The van der Waals surface area contributed by atoms with Crippen LogP contribution in [-0.2, 0) is 19.5 Å². The van der Waals surface area contributed by atoms with Crippen molar-refractivity contribution in [2.24, 2.45) is 5.92 Å². The van der Waals surface area contributed by atoms with Gasteiger partial charge in [0, 0.05) is 25.0 Å². The molecule has 4 rings (SSSR count). The number of carbonyl (C=O) groups excluding carboxylic acids is 1. The molecule has 0 atom stereocenters. The summed E-state index contributed by atoms with van der Waals surface area (Å²) >= 11 is 0. The fourth-order valence-corrected chi connectivity index (χ4v) is 4.09. The number of urea groups is 1. The van der Waals surface area contributed by atoms with E-state index in [4.69, 9.17) is 0 Å². The predicted octanol–water partition coefficient (Wildman–Crippen LogP) is 2.48. The van der Waals surface area contributed by atoms with Gasteiger partial charge >= 0.3 is 6.03 Å². The average molecular weight is 317 g/mol. The van der Waals surface area contributed by atoms with Gasteiger partial charge in [-0.1, -0.05) is 6.92 Å². The maximum absolute atomic E-state index is 12.8. The lowest BCUT2D eigenvalue weighted by molar-refractivity contribution is 0.140. The van der Waals surface area contributed by atoms with Gasteiger partial charge in [0.15, 0.2) is 5.82 Å².